The second-order valence-electron chi connectivity index (χ2n) is 3.93. The topological polar surface area (TPSA) is 32.3 Å². The first-order valence-corrected chi connectivity index (χ1v) is 5.32. The maximum atomic E-state index is 9.67. The van der Waals surface area contributed by atoms with Crippen molar-refractivity contribution < 1.29 is 5.11 Å². The predicted octanol–water partition coefficient (Wildman–Crippen LogP) is 1.91. The molecule has 0 bridgehead atoms. The first kappa shape index (κ1) is 10.7. The van der Waals surface area contributed by atoms with Crippen molar-refractivity contribution in [3.63, 3.8) is 0 Å². The van der Waals surface area contributed by atoms with E-state index in [0.29, 0.717) is 11.8 Å². The van der Waals surface area contributed by atoms with Crippen molar-refractivity contribution in [1.29, 1.82) is 0 Å². The lowest BCUT2D eigenvalue weighted by molar-refractivity contribution is 0.0943. The Bertz CT molecular complexity index is 156. The van der Waals surface area contributed by atoms with Gasteiger partial charge in [-0.25, -0.2) is 0 Å². The molecule has 1 saturated heterocycles. The van der Waals surface area contributed by atoms with Crippen LogP contribution < -0.4 is 5.32 Å². The maximum absolute atomic E-state index is 9.67. The Hall–Kier alpha value is -0.340. The summed E-state index contributed by atoms with van der Waals surface area (Å²) in [6.45, 7) is 6.90. The highest BCUT2D eigenvalue weighted by molar-refractivity contribution is 4.85. The van der Waals surface area contributed by atoms with Crippen LogP contribution in [0.5, 0.6) is 0 Å². The predicted molar refractivity (Wildman–Crippen MR) is 55.3 cm³/mol. The zero-order chi connectivity index (χ0) is 9.68. The Morgan fingerprint density at radius 3 is 2.92 bits per heavy atom. The number of hydrogen-bond donors (Lipinski definition) is 2. The van der Waals surface area contributed by atoms with Crippen LogP contribution in [-0.4, -0.2) is 17.9 Å². The first-order valence-electron chi connectivity index (χ1n) is 5.32. The molecule has 0 aromatic rings. The van der Waals surface area contributed by atoms with Gasteiger partial charge in [0.05, 0.1) is 0 Å². The van der Waals surface area contributed by atoms with Crippen molar-refractivity contribution in [2.45, 2.75) is 38.8 Å². The van der Waals surface area contributed by atoms with Gasteiger partial charge in [0.2, 0.25) is 0 Å². The second-order valence-corrected chi connectivity index (χ2v) is 3.93. The fraction of sp³-hybridized carbons (Fsp3) is 0.818. The molecule has 1 rings (SSSR count). The summed E-state index contributed by atoms with van der Waals surface area (Å²) >= 11 is 0. The quantitative estimate of drug-likeness (QED) is 0.638. The normalized spacial score (nSPS) is 33.5. The summed E-state index contributed by atoms with van der Waals surface area (Å²) in [6, 6.07) is 0. The molecule has 1 heterocycles. The molecule has 2 heteroatoms. The molecule has 0 aromatic carbocycles. The smallest absolute Gasteiger partial charge is 0.108 e. The SMILES string of the molecule is C=CCCC1C(CCC)CNC1O. The molecular weight excluding hydrogens is 162 g/mol. The largest absolute Gasteiger partial charge is 0.378 e. The number of rotatable bonds is 5. The molecule has 1 aliphatic heterocycles. The van der Waals surface area contributed by atoms with Crippen LogP contribution in [0.2, 0.25) is 0 Å². The minimum absolute atomic E-state index is 0.281. The van der Waals surface area contributed by atoms with E-state index >= 15 is 0 Å². The van der Waals surface area contributed by atoms with Crippen molar-refractivity contribution >= 4 is 0 Å². The van der Waals surface area contributed by atoms with E-state index in [1.165, 1.54) is 12.8 Å². The van der Waals surface area contributed by atoms with Gasteiger partial charge in [0.15, 0.2) is 0 Å². The van der Waals surface area contributed by atoms with E-state index in [1.54, 1.807) is 0 Å². The third-order valence-electron chi connectivity index (χ3n) is 2.96. The van der Waals surface area contributed by atoms with Crippen LogP contribution in [0.4, 0.5) is 0 Å². The number of allylic oxidation sites excluding steroid dienone is 1. The number of aliphatic hydroxyl groups is 1. The summed E-state index contributed by atoms with van der Waals surface area (Å²) in [7, 11) is 0. The molecular formula is C11H21NO. The summed E-state index contributed by atoms with van der Waals surface area (Å²) < 4.78 is 0. The van der Waals surface area contributed by atoms with Crippen molar-refractivity contribution in [3.8, 4) is 0 Å². The van der Waals surface area contributed by atoms with Gasteiger partial charge in [-0.3, -0.25) is 5.32 Å². The summed E-state index contributed by atoms with van der Waals surface area (Å²) in [5.41, 5.74) is 0. The average Bonchev–Trinajstić information content (AvgIpc) is 2.45. The highest BCUT2D eigenvalue weighted by Crippen LogP contribution is 2.29. The van der Waals surface area contributed by atoms with Crippen molar-refractivity contribution in [2.75, 3.05) is 6.54 Å². The number of hydrogen-bond acceptors (Lipinski definition) is 2. The van der Waals surface area contributed by atoms with Crippen LogP contribution in [0.1, 0.15) is 32.6 Å². The van der Waals surface area contributed by atoms with E-state index in [9.17, 15) is 5.11 Å². The fourth-order valence-corrected chi connectivity index (χ4v) is 2.22. The van der Waals surface area contributed by atoms with Gasteiger partial charge in [-0.05, 0) is 25.2 Å². The monoisotopic (exact) mass is 183 g/mol. The van der Waals surface area contributed by atoms with E-state index in [0.717, 1.165) is 19.4 Å². The summed E-state index contributed by atoms with van der Waals surface area (Å²) in [6.07, 6.45) is 6.19. The van der Waals surface area contributed by atoms with Gasteiger partial charge in [0, 0.05) is 12.5 Å². The van der Waals surface area contributed by atoms with Crippen LogP contribution in [0.25, 0.3) is 0 Å². The van der Waals surface area contributed by atoms with E-state index in [4.69, 9.17) is 0 Å². The van der Waals surface area contributed by atoms with E-state index in [2.05, 4.69) is 18.8 Å². The first-order chi connectivity index (χ1) is 6.29. The Balaban J connectivity index is 2.39. The molecule has 0 saturated carbocycles. The molecule has 1 fully saturated rings. The molecule has 3 atom stereocenters. The maximum Gasteiger partial charge on any atom is 0.108 e. The van der Waals surface area contributed by atoms with Gasteiger partial charge in [-0.2, -0.15) is 0 Å². The van der Waals surface area contributed by atoms with Crippen LogP contribution in [0, 0.1) is 11.8 Å². The van der Waals surface area contributed by atoms with Crippen LogP contribution in [0.3, 0.4) is 0 Å². The molecule has 2 nitrogen and oxygen atoms in total. The lowest BCUT2D eigenvalue weighted by Crippen LogP contribution is -2.26. The fourth-order valence-electron chi connectivity index (χ4n) is 2.22. The second kappa shape index (κ2) is 5.40. The van der Waals surface area contributed by atoms with Crippen LogP contribution in [0.15, 0.2) is 12.7 Å². The Labute approximate surface area is 81.0 Å². The molecule has 3 unspecified atom stereocenters. The summed E-state index contributed by atoms with van der Waals surface area (Å²) in [4.78, 5) is 0. The highest BCUT2D eigenvalue weighted by atomic mass is 16.3. The minimum Gasteiger partial charge on any atom is -0.378 e. The van der Waals surface area contributed by atoms with Crippen molar-refractivity contribution in [1.82, 2.24) is 5.32 Å². The molecule has 13 heavy (non-hydrogen) atoms. The van der Waals surface area contributed by atoms with E-state index < -0.39 is 0 Å². The van der Waals surface area contributed by atoms with Crippen LogP contribution in [-0.2, 0) is 0 Å². The van der Waals surface area contributed by atoms with Gasteiger partial charge in [-0.1, -0.05) is 19.4 Å². The third-order valence-corrected chi connectivity index (χ3v) is 2.96. The van der Waals surface area contributed by atoms with Crippen molar-refractivity contribution in [2.24, 2.45) is 11.8 Å². The Morgan fingerprint density at radius 2 is 2.31 bits per heavy atom. The highest BCUT2D eigenvalue weighted by Gasteiger charge is 2.32. The Kier molecular flexibility index (Phi) is 4.46. The lowest BCUT2D eigenvalue weighted by atomic mass is 9.87. The van der Waals surface area contributed by atoms with Gasteiger partial charge in [-0.15, -0.1) is 6.58 Å². The zero-order valence-corrected chi connectivity index (χ0v) is 8.50. The lowest BCUT2D eigenvalue weighted by Gasteiger charge is -2.19. The van der Waals surface area contributed by atoms with E-state index in [1.807, 2.05) is 6.08 Å². The molecule has 0 aliphatic carbocycles. The standard InChI is InChI=1S/C11H21NO/c1-3-5-7-10-9(6-4-2)8-12-11(10)13/h3,9-13H,1,4-8H2,2H3. The molecule has 0 radical (unpaired) electrons. The van der Waals surface area contributed by atoms with Crippen LogP contribution >= 0.6 is 0 Å². The summed E-state index contributed by atoms with van der Waals surface area (Å²) in [5, 5.41) is 12.8. The zero-order valence-electron chi connectivity index (χ0n) is 8.50. The minimum atomic E-state index is -0.281. The average molecular weight is 183 g/mol. The van der Waals surface area contributed by atoms with Gasteiger partial charge in [0.1, 0.15) is 6.23 Å². The van der Waals surface area contributed by atoms with Gasteiger partial charge in [0.25, 0.3) is 0 Å². The van der Waals surface area contributed by atoms with Gasteiger partial charge >= 0.3 is 0 Å². The van der Waals surface area contributed by atoms with E-state index in [-0.39, 0.29) is 6.23 Å². The molecule has 0 amide bonds. The molecule has 2 N–H and O–H groups in total. The third kappa shape index (κ3) is 2.82. The van der Waals surface area contributed by atoms with Gasteiger partial charge < -0.3 is 5.11 Å². The number of nitrogens with one attached hydrogen (secondary N) is 1. The summed E-state index contributed by atoms with van der Waals surface area (Å²) in [5.74, 6) is 1.11. The molecule has 0 spiro atoms. The van der Waals surface area contributed by atoms with Crippen molar-refractivity contribution in [3.05, 3.63) is 12.7 Å². The molecule has 1 aliphatic rings. The molecule has 0 aromatic heterocycles. The molecule has 76 valence electrons. The number of aliphatic hydroxyl groups excluding tert-OH is 1. The Morgan fingerprint density at radius 1 is 1.54 bits per heavy atom.